The molecular formula is C28H33N5O3. The van der Waals surface area contributed by atoms with Gasteiger partial charge in [-0.1, -0.05) is 30.3 Å². The Kier molecular flexibility index (Phi) is 7.73. The fourth-order valence-corrected chi connectivity index (χ4v) is 4.96. The summed E-state index contributed by atoms with van der Waals surface area (Å²) in [6, 6.07) is 18.0. The van der Waals surface area contributed by atoms with Crippen LogP contribution in [0.15, 0.2) is 67.0 Å². The summed E-state index contributed by atoms with van der Waals surface area (Å²) in [7, 11) is 0. The van der Waals surface area contributed by atoms with Gasteiger partial charge >= 0.3 is 0 Å². The molecule has 2 fully saturated rings. The van der Waals surface area contributed by atoms with Crippen LogP contribution in [0.1, 0.15) is 41.1 Å². The van der Waals surface area contributed by atoms with Crippen LogP contribution in [0.5, 0.6) is 0 Å². The molecule has 1 aromatic heterocycles. The second-order valence-corrected chi connectivity index (χ2v) is 9.55. The molecule has 8 nitrogen and oxygen atoms in total. The summed E-state index contributed by atoms with van der Waals surface area (Å²) in [4.78, 5) is 27.5. The van der Waals surface area contributed by atoms with Crippen molar-refractivity contribution in [3.8, 4) is 5.69 Å². The second kappa shape index (κ2) is 11.5. The number of carbonyl (C=O) groups is 2. The highest BCUT2D eigenvalue weighted by Gasteiger charge is 2.24. The molecule has 0 aliphatic carbocycles. The zero-order valence-electron chi connectivity index (χ0n) is 20.4. The Hall–Kier alpha value is -3.49. The topological polar surface area (TPSA) is 88.5 Å². The van der Waals surface area contributed by atoms with E-state index in [1.54, 1.807) is 29.2 Å². The molecule has 0 bridgehead atoms. The molecule has 2 N–H and O–H groups in total. The average Bonchev–Trinajstić information content (AvgIpc) is 3.60. The normalized spacial score (nSPS) is 18.7. The summed E-state index contributed by atoms with van der Waals surface area (Å²) < 4.78 is 7.02. The minimum Gasteiger partial charge on any atom is -0.381 e. The molecule has 0 saturated carbocycles. The molecule has 2 aromatic carbocycles. The van der Waals surface area contributed by atoms with E-state index in [0.29, 0.717) is 36.9 Å². The van der Waals surface area contributed by atoms with Crippen LogP contribution in [0.25, 0.3) is 5.69 Å². The maximum absolute atomic E-state index is 12.6. The van der Waals surface area contributed by atoms with E-state index < -0.39 is 0 Å². The fraction of sp³-hybridized carbons (Fsp3) is 0.393. The van der Waals surface area contributed by atoms with E-state index >= 15 is 0 Å². The van der Waals surface area contributed by atoms with Crippen molar-refractivity contribution in [2.75, 3.05) is 44.7 Å². The van der Waals surface area contributed by atoms with Gasteiger partial charge in [-0.05, 0) is 61.6 Å². The lowest BCUT2D eigenvalue weighted by Crippen LogP contribution is -2.33. The maximum Gasteiger partial charge on any atom is 0.251 e. The number of benzene rings is 2. The van der Waals surface area contributed by atoms with Crippen LogP contribution in [-0.4, -0.2) is 65.9 Å². The molecule has 1 unspecified atom stereocenters. The van der Waals surface area contributed by atoms with E-state index in [1.807, 2.05) is 12.1 Å². The predicted octanol–water partition coefficient (Wildman–Crippen LogP) is 3.46. The zero-order chi connectivity index (χ0) is 24.7. The van der Waals surface area contributed by atoms with E-state index in [2.05, 4.69) is 51.0 Å². The number of rotatable bonds is 8. The summed E-state index contributed by atoms with van der Waals surface area (Å²) in [6.07, 6.45) is 6.07. The van der Waals surface area contributed by atoms with Crippen molar-refractivity contribution < 1.29 is 14.3 Å². The monoisotopic (exact) mass is 487 g/mol. The largest absolute Gasteiger partial charge is 0.381 e. The first kappa shape index (κ1) is 24.2. The summed E-state index contributed by atoms with van der Waals surface area (Å²) in [5.74, 6) is 0.489. The molecule has 5 rings (SSSR count). The van der Waals surface area contributed by atoms with Gasteiger partial charge in [-0.3, -0.25) is 9.59 Å². The van der Waals surface area contributed by atoms with Gasteiger partial charge in [0, 0.05) is 44.3 Å². The zero-order valence-corrected chi connectivity index (χ0v) is 20.4. The molecule has 0 radical (unpaired) electrons. The lowest BCUT2D eigenvalue weighted by molar-refractivity contribution is -0.122. The van der Waals surface area contributed by atoms with Gasteiger partial charge in [0.1, 0.15) is 0 Å². The van der Waals surface area contributed by atoms with Crippen molar-refractivity contribution in [1.82, 2.24) is 20.0 Å². The third-order valence-corrected chi connectivity index (χ3v) is 7.09. The number of hydrogen-bond acceptors (Lipinski definition) is 5. The highest BCUT2D eigenvalue weighted by molar-refractivity contribution is 5.94. The minimum atomic E-state index is -0.0785. The highest BCUT2D eigenvalue weighted by Crippen LogP contribution is 2.26. The van der Waals surface area contributed by atoms with Crippen molar-refractivity contribution in [3.05, 3.63) is 78.1 Å². The molecule has 3 aromatic rings. The third-order valence-electron chi connectivity index (χ3n) is 7.09. The maximum atomic E-state index is 12.6. The lowest BCUT2D eigenvalue weighted by Gasteiger charge is -2.20. The van der Waals surface area contributed by atoms with E-state index in [-0.39, 0.29) is 17.7 Å². The Balaban J connectivity index is 1.08. The van der Waals surface area contributed by atoms with Crippen LogP contribution in [0.3, 0.4) is 0 Å². The number of nitrogens with one attached hydrogen (secondary N) is 2. The molecular weight excluding hydrogens is 454 g/mol. The standard InChI is InChI=1S/C28H33N5O3/c34-27(29-13-15-32-14-10-24(19-32)21-4-2-1-3-5-21)22-6-8-26(9-7-22)33-20-25(18-30-33)31-28(35)23-11-16-36-17-12-23/h1-9,18,20,23-24H,10-17,19H2,(H,29,34)(H,31,35). The summed E-state index contributed by atoms with van der Waals surface area (Å²) in [5, 5.41) is 10.3. The third kappa shape index (κ3) is 6.01. The first-order valence-corrected chi connectivity index (χ1v) is 12.7. The molecule has 36 heavy (non-hydrogen) atoms. The number of carbonyl (C=O) groups excluding carboxylic acids is 2. The lowest BCUT2D eigenvalue weighted by atomic mass is 9.99. The van der Waals surface area contributed by atoms with Gasteiger partial charge in [-0.15, -0.1) is 0 Å². The Morgan fingerprint density at radius 1 is 1.00 bits per heavy atom. The molecule has 2 amide bonds. The molecule has 188 valence electrons. The van der Waals surface area contributed by atoms with Crippen LogP contribution >= 0.6 is 0 Å². The van der Waals surface area contributed by atoms with Crippen molar-refractivity contribution in [3.63, 3.8) is 0 Å². The summed E-state index contributed by atoms with van der Waals surface area (Å²) >= 11 is 0. The highest BCUT2D eigenvalue weighted by atomic mass is 16.5. The molecule has 2 aliphatic heterocycles. The Morgan fingerprint density at radius 2 is 1.78 bits per heavy atom. The van der Waals surface area contributed by atoms with Crippen LogP contribution < -0.4 is 10.6 Å². The van der Waals surface area contributed by atoms with Crippen LogP contribution in [0.2, 0.25) is 0 Å². The Morgan fingerprint density at radius 3 is 2.56 bits per heavy atom. The Bertz CT molecular complexity index is 1160. The van der Waals surface area contributed by atoms with Crippen molar-refractivity contribution in [2.45, 2.75) is 25.2 Å². The molecule has 1 atom stereocenters. The number of aromatic nitrogens is 2. The van der Waals surface area contributed by atoms with E-state index in [0.717, 1.165) is 44.6 Å². The van der Waals surface area contributed by atoms with Gasteiger partial charge in [0.05, 0.1) is 23.8 Å². The van der Waals surface area contributed by atoms with E-state index in [9.17, 15) is 9.59 Å². The number of likely N-dealkylation sites (tertiary alicyclic amines) is 1. The molecule has 2 saturated heterocycles. The van der Waals surface area contributed by atoms with Gasteiger partial charge in [0.2, 0.25) is 5.91 Å². The van der Waals surface area contributed by atoms with Gasteiger partial charge in [0.25, 0.3) is 5.91 Å². The number of ether oxygens (including phenoxy) is 1. The number of anilines is 1. The first-order chi connectivity index (χ1) is 17.7. The smallest absolute Gasteiger partial charge is 0.251 e. The van der Waals surface area contributed by atoms with Crippen molar-refractivity contribution in [1.29, 1.82) is 0 Å². The summed E-state index contributed by atoms with van der Waals surface area (Å²) in [6.45, 7) is 4.83. The van der Waals surface area contributed by atoms with Crippen molar-refractivity contribution >= 4 is 17.5 Å². The van der Waals surface area contributed by atoms with Gasteiger partial charge in [-0.25, -0.2) is 4.68 Å². The van der Waals surface area contributed by atoms with Gasteiger partial charge in [0.15, 0.2) is 0 Å². The second-order valence-electron chi connectivity index (χ2n) is 9.55. The van der Waals surface area contributed by atoms with Gasteiger partial charge < -0.3 is 20.3 Å². The number of hydrogen-bond donors (Lipinski definition) is 2. The molecule has 3 heterocycles. The van der Waals surface area contributed by atoms with Crippen LogP contribution in [0, 0.1) is 5.92 Å². The average molecular weight is 488 g/mol. The fourth-order valence-electron chi connectivity index (χ4n) is 4.96. The van der Waals surface area contributed by atoms with Gasteiger partial charge in [-0.2, -0.15) is 5.10 Å². The predicted molar refractivity (Wildman–Crippen MR) is 138 cm³/mol. The van der Waals surface area contributed by atoms with Crippen LogP contribution in [-0.2, 0) is 9.53 Å². The Labute approximate surface area is 211 Å². The number of nitrogens with zero attached hydrogens (tertiary/aromatic N) is 3. The SMILES string of the molecule is O=C(NCCN1CCC(c2ccccc2)C1)c1ccc(-n2cc(NC(=O)C3CCOCC3)cn2)cc1. The van der Waals surface area contributed by atoms with E-state index in [4.69, 9.17) is 4.74 Å². The quantitative estimate of drug-likeness (QED) is 0.508. The molecule has 8 heteroatoms. The molecule has 2 aliphatic rings. The first-order valence-electron chi connectivity index (χ1n) is 12.7. The van der Waals surface area contributed by atoms with E-state index in [1.165, 1.54) is 5.56 Å². The van der Waals surface area contributed by atoms with Crippen LogP contribution in [0.4, 0.5) is 5.69 Å². The minimum absolute atomic E-state index is 0.00869. The summed E-state index contributed by atoms with van der Waals surface area (Å²) in [5.41, 5.74) is 3.49. The molecule has 0 spiro atoms. The number of amides is 2. The van der Waals surface area contributed by atoms with Crippen molar-refractivity contribution in [2.24, 2.45) is 5.92 Å².